The molecular formula is C28H48ClNO2. The Morgan fingerprint density at radius 2 is 1.38 bits per heavy atom. The van der Waals surface area contributed by atoms with E-state index in [1.54, 1.807) is 0 Å². The van der Waals surface area contributed by atoms with E-state index in [-0.39, 0.29) is 18.4 Å². The number of carbonyl (C=O) groups is 1. The van der Waals surface area contributed by atoms with Crippen molar-refractivity contribution in [3.8, 4) is 0 Å². The van der Waals surface area contributed by atoms with Crippen molar-refractivity contribution in [2.75, 3.05) is 20.2 Å². The lowest BCUT2D eigenvalue weighted by Crippen LogP contribution is -3.08. The fourth-order valence-corrected chi connectivity index (χ4v) is 3.91. The number of rotatable bonds is 20. The number of halogens is 1. The van der Waals surface area contributed by atoms with Gasteiger partial charge in [-0.1, -0.05) is 121 Å². The maximum atomic E-state index is 11.9. The summed E-state index contributed by atoms with van der Waals surface area (Å²) in [5, 5.41) is 0. The molecule has 0 amide bonds. The van der Waals surface area contributed by atoms with Gasteiger partial charge in [0.05, 0.1) is 7.05 Å². The molecule has 1 N–H and O–H groups in total. The fourth-order valence-electron chi connectivity index (χ4n) is 3.91. The summed E-state index contributed by atoms with van der Waals surface area (Å²) >= 11 is 0. The van der Waals surface area contributed by atoms with Crippen molar-refractivity contribution in [2.24, 2.45) is 0 Å². The van der Waals surface area contributed by atoms with Gasteiger partial charge in [0.1, 0.15) is 19.7 Å². The highest BCUT2D eigenvalue weighted by Gasteiger charge is 2.07. The van der Waals surface area contributed by atoms with Gasteiger partial charge in [-0.3, -0.25) is 4.79 Å². The SMILES string of the molecule is C=Cc1ccc(C[NH+](C)CCOC(=O)CCCCCCCCCCCCCCC)cc1.[Cl-]. The number of carbonyl (C=O) groups excluding carboxylic acids is 1. The van der Waals surface area contributed by atoms with E-state index in [0.717, 1.165) is 31.5 Å². The van der Waals surface area contributed by atoms with Gasteiger partial charge in [-0.25, -0.2) is 0 Å². The third kappa shape index (κ3) is 17.3. The van der Waals surface area contributed by atoms with Crippen LogP contribution >= 0.6 is 0 Å². The van der Waals surface area contributed by atoms with Crippen LogP contribution in [0.5, 0.6) is 0 Å². The molecule has 1 atom stereocenters. The molecule has 1 aromatic carbocycles. The summed E-state index contributed by atoms with van der Waals surface area (Å²) in [7, 11) is 2.14. The third-order valence-electron chi connectivity index (χ3n) is 6.00. The van der Waals surface area contributed by atoms with E-state index in [1.807, 2.05) is 6.08 Å². The summed E-state index contributed by atoms with van der Waals surface area (Å²) in [5.74, 6) is -0.0359. The largest absolute Gasteiger partial charge is 1.00 e. The van der Waals surface area contributed by atoms with Crippen LogP contribution < -0.4 is 17.3 Å². The van der Waals surface area contributed by atoms with Crippen molar-refractivity contribution in [3.63, 3.8) is 0 Å². The molecule has 0 aromatic heterocycles. The van der Waals surface area contributed by atoms with Crippen molar-refractivity contribution < 1.29 is 26.8 Å². The predicted octanol–water partition coefficient (Wildman–Crippen LogP) is 3.37. The molecular weight excluding hydrogens is 418 g/mol. The van der Waals surface area contributed by atoms with Crippen molar-refractivity contribution in [2.45, 2.75) is 103 Å². The van der Waals surface area contributed by atoms with Gasteiger partial charge < -0.3 is 22.0 Å². The van der Waals surface area contributed by atoms with E-state index in [9.17, 15) is 4.79 Å². The molecule has 0 spiro atoms. The number of esters is 1. The molecule has 0 aliphatic heterocycles. The lowest BCUT2D eigenvalue weighted by Gasteiger charge is -2.14. The zero-order valence-corrected chi connectivity index (χ0v) is 21.6. The Bertz CT molecular complexity index is 573. The molecule has 1 rings (SSSR count). The molecule has 0 fully saturated rings. The standard InChI is InChI=1S/C28H47NO2.ClH/c1-4-6-7-8-9-10-11-12-13-14-15-16-17-18-28(30)31-24-23-29(3)25-27-21-19-26(5-2)20-22-27;/h5,19-22H,2,4,6-18,23-25H2,1,3H3;1H. The van der Waals surface area contributed by atoms with Gasteiger partial charge >= 0.3 is 5.97 Å². The Labute approximate surface area is 204 Å². The molecule has 1 aromatic rings. The van der Waals surface area contributed by atoms with Crippen LogP contribution in [0.25, 0.3) is 6.08 Å². The molecule has 0 aliphatic rings. The van der Waals surface area contributed by atoms with Gasteiger partial charge in [-0.15, -0.1) is 0 Å². The van der Waals surface area contributed by atoms with E-state index in [2.05, 4.69) is 44.8 Å². The molecule has 0 aliphatic carbocycles. The first-order chi connectivity index (χ1) is 15.2. The van der Waals surface area contributed by atoms with Crippen LogP contribution in [0.3, 0.4) is 0 Å². The number of unbranched alkanes of at least 4 members (excludes halogenated alkanes) is 12. The van der Waals surface area contributed by atoms with Crippen LogP contribution in [0.4, 0.5) is 0 Å². The Morgan fingerprint density at radius 3 is 1.88 bits per heavy atom. The first-order valence-electron chi connectivity index (χ1n) is 12.8. The predicted molar refractivity (Wildman–Crippen MR) is 133 cm³/mol. The van der Waals surface area contributed by atoms with Crippen molar-refractivity contribution in [1.82, 2.24) is 0 Å². The minimum Gasteiger partial charge on any atom is -1.00 e. The molecule has 0 radical (unpaired) electrons. The van der Waals surface area contributed by atoms with Crippen molar-refractivity contribution in [3.05, 3.63) is 42.0 Å². The monoisotopic (exact) mass is 465 g/mol. The number of hydrogen-bond donors (Lipinski definition) is 1. The van der Waals surface area contributed by atoms with E-state index in [1.165, 1.54) is 81.1 Å². The van der Waals surface area contributed by atoms with E-state index < -0.39 is 0 Å². The van der Waals surface area contributed by atoms with Crippen LogP contribution in [0.15, 0.2) is 30.8 Å². The van der Waals surface area contributed by atoms with Crippen molar-refractivity contribution in [1.29, 1.82) is 0 Å². The molecule has 0 heterocycles. The maximum absolute atomic E-state index is 11.9. The van der Waals surface area contributed by atoms with Crippen LogP contribution in [0.1, 0.15) is 108 Å². The van der Waals surface area contributed by atoms with E-state index in [0.29, 0.717) is 13.0 Å². The highest BCUT2D eigenvalue weighted by molar-refractivity contribution is 5.69. The third-order valence-corrected chi connectivity index (χ3v) is 6.00. The molecule has 1 unspecified atom stereocenters. The van der Waals surface area contributed by atoms with Gasteiger partial charge in [0.25, 0.3) is 0 Å². The molecule has 3 nitrogen and oxygen atoms in total. The summed E-state index contributed by atoms with van der Waals surface area (Å²) in [4.78, 5) is 13.3. The van der Waals surface area contributed by atoms with Crippen LogP contribution in [-0.2, 0) is 16.1 Å². The van der Waals surface area contributed by atoms with Gasteiger partial charge in [0, 0.05) is 12.0 Å². The van der Waals surface area contributed by atoms with Gasteiger partial charge in [0.15, 0.2) is 0 Å². The quantitative estimate of drug-likeness (QED) is 0.236. The summed E-state index contributed by atoms with van der Waals surface area (Å²) in [5.41, 5.74) is 2.44. The molecule has 184 valence electrons. The van der Waals surface area contributed by atoms with Crippen LogP contribution in [0, 0.1) is 0 Å². The summed E-state index contributed by atoms with van der Waals surface area (Å²) in [6.07, 6.45) is 19.6. The Balaban J connectivity index is 0.00000961. The average Bonchev–Trinajstić information content (AvgIpc) is 2.77. The second-order valence-corrected chi connectivity index (χ2v) is 9.04. The lowest BCUT2D eigenvalue weighted by atomic mass is 10.0. The van der Waals surface area contributed by atoms with Gasteiger partial charge in [-0.05, 0) is 12.0 Å². The summed E-state index contributed by atoms with van der Waals surface area (Å²) in [6.45, 7) is 8.34. The topological polar surface area (TPSA) is 30.7 Å². The Kier molecular flexibility index (Phi) is 20.6. The molecule has 4 heteroatoms. The van der Waals surface area contributed by atoms with E-state index in [4.69, 9.17) is 4.74 Å². The maximum Gasteiger partial charge on any atom is 0.305 e. The molecule has 32 heavy (non-hydrogen) atoms. The number of quaternary nitrogens is 1. The van der Waals surface area contributed by atoms with Gasteiger partial charge in [0.2, 0.25) is 0 Å². The fraction of sp³-hybridized carbons (Fsp3) is 0.679. The number of ether oxygens (including phenoxy) is 1. The number of hydrogen-bond acceptors (Lipinski definition) is 2. The number of likely N-dealkylation sites (N-methyl/N-ethyl adjacent to an activating group) is 1. The highest BCUT2D eigenvalue weighted by atomic mass is 35.5. The molecule has 0 saturated carbocycles. The lowest BCUT2D eigenvalue weighted by molar-refractivity contribution is -0.893. The van der Waals surface area contributed by atoms with Gasteiger partial charge in [-0.2, -0.15) is 0 Å². The Hall–Kier alpha value is -1.32. The highest BCUT2D eigenvalue weighted by Crippen LogP contribution is 2.13. The average molecular weight is 466 g/mol. The van der Waals surface area contributed by atoms with Crippen molar-refractivity contribution >= 4 is 12.0 Å². The smallest absolute Gasteiger partial charge is 0.305 e. The van der Waals surface area contributed by atoms with Crippen LogP contribution in [-0.4, -0.2) is 26.2 Å². The zero-order chi connectivity index (χ0) is 22.6. The second kappa shape index (κ2) is 21.5. The number of nitrogens with one attached hydrogen (secondary N) is 1. The second-order valence-electron chi connectivity index (χ2n) is 9.04. The normalized spacial score (nSPS) is 11.6. The summed E-state index contributed by atoms with van der Waals surface area (Å²) in [6, 6.07) is 8.46. The minimum atomic E-state index is -0.0359. The Morgan fingerprint density at radius 1 is 0.875 bits per heavy atom. The van der Waals surface area contributed by atoms with E-state index >= 15 is 0 Å². The zero-order valence-electron chi connectivity index (χ0n) is 20.8. The molecule has 0 saturated heterocycles. The first-order valence-corrected chi connectivity index (χ1v) is 12.8. The minimum absolute atomic E-state index is 0. The van der Waals surface area contributed by atoms with Crippen LogP contribution in [0.2, 0.25) is 0 Å². The first kappa shape index (κ1) is 30.7. The number of benzene rings is 1. The summed E-state index contributed by atoms with van der Waals surface area (Å²) < 4.78 is 5.42. The molecule has 0 bridgehead atoms.